The summed E-state index contributed by atoms with van der Waals surface area (Å²) in [5, 5.41) is -1.07. The fourth-order valence-electron chi connectivity index (χ4n) is 2.81. The number of rotatable bonds is 1. The average Bonchev–Trinajstić information content (AvgIpc) is 2.48. The summed E-state index contributed by atoms with van der Waals surface area (Å²) in [6.45, 7) is 7.26. The van der Waals surface area contributed by atoms with Crippen LogP contribution in [0, 0.1) is 5.82 Å². The van der Waals surface area contributed by atoms with Crippen LogP contribution in [0.1, 0.15) is 44.9 Å². The number of nitrogens with zero attached hydrogens (tertiary/aromatic N) is 1. The summed E-state index contributed by atoms with van der Waals surface area (Å²) in [5.41, 5.74) is 5.34. The number of benzene rings is 1. The fourth-order valence-corrected chi connectivity index (χ4v) is 5.02. The van der Waals surface area contributed by atoms with Crippen LogP contribution in [0.15, 0.2) is 29.3 Å². The molecule has 2 rings (SSSR count). The molecule has 0 bridgehead atoms. The number of amidine groups is 1. The molecule has 0 unspecified atom stereocenters. The molecule has 0 radical (unpaired) electrons. The lowest BCUT2D eigenvalue weighted by atomic mass is 9.97. The summed E-state index contributed by atoms with van der Waals surface area (Å²) >= 11 is 0. The first-order valence-corrected chi connectivity index (χ1v) is 9.46. The average molecular weight is 356 g/mol. The van der Waals surface area contributed by atoms with Crippen LogP contribution in [0.3, 0.4) is 0 Å². The van der Waals surface area contributed by atoms with Crippen LogP contribution in [-0.2, 0) is 14.6 Å². The third-order valence-electron chi connectivity index (χ3n) is 4.50. The molecular formula is C17H25FN2O3S. The first-order valence-electron chi connectivity index (χ1n) is 7.91. The second kappa shape index (κ2) is 6.44. The zero-order valence-corrected chi connectivity index (χ0v) is 15.4. The third kappa shape index (κ3) is 3.47. The van der Waals surface area contributed by atoms with Gasteiger partial charge in [0.2, 0.25) is 0 Å². The minimum atomic E-state index is -3.87. The number of hydrogen-bond acceptors (Lipinski definition) is 5. The van der Waals surface area contributed by atoms with Crippen LogP contribution in [0.5, 0.6) is 0 Å². The number of nitrogens with two attached hydrogens (primary N) is 1. The van der Waals surface area contributed by atoms with E-state index in [9.17, 15) is 12.8 Å². The predicted octanol–water partition coefficient (Wildman–Crippen LogP) is 2.62. The minimum absolute atomic E-state index is 0.0205. The summed E-state index contributed by atoms with van der Waals surface area (Å²) < 4.78 is 45.4. The summed E-state index contributed by atoms with van der Waals surface area (Å²) in [5.74, 6) is -0.530. The first-order chi connectivity index (χ1) is 11.0. The molecule has 1 aromatic carbocycles. The normalized spacial score (nSPS) is 26.4. The van der Waals surface area contributed by atoms with Crippen LogP contribution < -0.4 is 5.73 Å². The molecule has 1 atom stereocenters. The monoisotopic (exact) mass is 356 g/mol. The molecule has 0 fully saturated rings. The Labute approximate surface area is 143 Å². The zero-order valence-electron chi connectivity index (χ0n) is 14.5. The van der Waals surface area contributed by atoms with E-state index in [1.807, 2.05) is 0 Å². The summed E-state index contributed by atoms with van der Waals surface area (Å²) in [6, 6.07) is 5.93. The minimum Gasteiger partial charge on any atom is -0.386 e. The molecule has 1 aromatic rings. The Kier molecular flexibility index (Phi) is 5.06. The maximum absolute atomic E-state index is 14.4. The molecule has 0 aliphatic carbocycles. The second-order valence-electron chi connectivity index (χ2n) is 7.14. The topological polar surface area (TPSA) is 81.8 Å². The molecule has 0 saturated carbocycles. The van der Waals surface area contributed by atoms with Crippen molar-refractivity contribution in [3.63, 3.8) is 0 Å². The molecule has 1 aliphatic rings. The number of halogens is 1. The SMILES string of the molecule is CC1(C)C[C@H](c2ccccc2F)S(=O)(=O)C(C)(C)C(N)=NCCO1. The van der Waals surface area contributed by atoms with E-state index in [2.05, 4.69) is 4.99 Å². The van der Waals surface area contributed by atoms with Crippen molar-refractivity contribution < 1.29 is 17.5 Å². The Balaban J connectivity index is 2.67. The van der Waals surface area contributed by atoms with Gasteiger partial charge in [-0.05, 0) is 40.2 Å². The largest absolute Gasteiger partial charge is 0.386 e. The lowest BCUT2D eigenvalue weighted by Gasteiger charge is -2.36. The molecule has 2 N–H and O–H groups in total. The van der Waals surface area contributed by atoms with Crippen molar-refractivity contribution in [2.45, 2.75) is 49.7 Å². The van der Waals surface area contributed by atoms with Gasteiger partial charge in [0.1, 0.15) is 16.4 Å². The van der Waals surface area contributed by atoms with Gasteiger partial charge in [-0.2, -0.15) is 0 Å². The van der Waals surface area contributed by atoms with E-state index in [4.69, 9.17) is 10.5 Å². The van der Waals surface area contributed by atoms with Crippen LogP contribution in [0.25, 0.3) is 0 Å². The van der Waals surface area contributed by atoms with E-state index >= 15 is 0 Å². The molecule has 5 nitrogen and oxygen atoms in total. The van der Waals surface area contributed by atoms with Crippen LogP contribution >= 0.6 is 0 Å². The van der Waals surface area contributed by atoms with Crippen molar-refractivity contribution in [2.24, 2.45) is 10.7 Å². The fraction of sp³-hybridized carbons (Fsp3) is 0.588. The Morgan fingerprint density at radius 3 is 2.50 bits per heavy atom. The van der Waals surface area contributed by atoms with E-state index in [0.717, 1.165) is 0 Å². The van der Waals surface area contributed by atoms with Crippen molar-refractivity contribution >= 4 is 15.7 Å². The predicted molar refractivity (Wildman–Crippen MR) is 93.3 cm³/mol. The van der Waals surface area contributed by atoms with Gasteiger partial charge < -0.3 is 10.5 Å². The van der Waals surface area contributed by atoms with Gasteiger partial charge in [-0.3, -0.25) is 4.99 Å². The zero-order chi connectivity index (χ0) is 18.2. The number of aliphatic imine (C=N–C) groups is 1. The Morgan fingerprint density at radius 2 is 1.88 bits per heavy atom. The van der Waals surface area contributed by atoms with E-state index in [-0.39, 0.29) is 17.8 Å². The maximum atomic E-state index is 14.4. The standard InChI is InChI=1S/C17H25FN2O3S/c1-16(2)11-14(12-7-5-6-8-13(12)18)24(21,22)17(3,4)15(19)20-9-10-23-16/h5-8,14H,9-11H2,1-4H3,(H2,19,20)/t14-/m1/s1. The van der Waals surface area contributed by atoms with Gasteiger partial charge in [0.25, 0.3) is 0 Å². The molecule has 134 valence electrons. The maximum Gasteiger partial charge on any atom is 0.169 e. The third-order valence-corrected chi connectivity index (χ3v) is 7.30. The van der Waals surface area contributed by atoms with Gasteiger partial charge in [0.05, 0.1) is 24.0 Å². The Morgan fingerprint density at radius 1 is 1.25 bits per heavy atom. The Bertz CT molecular complexity index is 742. The molecule has 0 amide bonds. The van der Waals surface area contributed by atoms with E-state index in [0.29, 0.717) is 13.2 Å². The highest BCUT2D eigenvalue weighted by Crippen LogP contribution is 2.40. The number of sulfone groups is 1. The molecule has 0 spiro atoms. The van der Waals surface area contributed by atoms with Crippen LogP contribution in [0.2, 0.25) is 0 Å². The highest BCUT2D eigenvalue weighted by atomic mass is 32.2. The molecule has 7 heteroatoms. The van der Waals surface area contributed by atoms with Gasteiger partial charge in [-0.25, -0.2) is 12.8 Å². The van der Waals surface area contributed by atoms with E-state index in [1.165, 1.54) is 32.0 Å². The van der Waals surface area contributed by atoms with Gasteiger partial charge in [0, 0.05) is 5.56 Å². The van der Waals surface area contributed by atoms with Crippen molar-refractivity contribution in [1.29, 1.82) is 0 Å². The quantitative estimate of drug-likeness (QED) is 0.838. The van der Waals surface area contributed by atoms with Crippen LogP contribution in [0.4, 0.5) is 4.39 Å². The van der Waals surface area contributed by atoms with Crippen molar-refractivity contribution in [3.8, 4) is 0 Å². The van der Waals surface area contributed by atoms with Gasteiger partial charge in [0.15, 0.2) is 9.84 Å². The molecular weight excluding hydrogens is 331 g/mol. The highest BCUT2D eigenvalue weighted by molar-refractivity contribution is 7.93. The van der Waals surface area contributed by atoms with Crippen LogP contribution in [-0.4, -0.2) is 37.8 Å². The van der Waals surface area contributed by atoms with Crippen molar-refractivity contribution in [2.75, 3.05) is 13.2 Å². The van der Waals surface area contributed by atoms with Gasteiger partial charge in [-0.1, -0.05) is 18.2 Å². The highest BCUT2D eigenvalue weighted by Gasteiger charge is 2.47. The Hall–Kier alpha value is -1.47. The summed E-state index contributed by atoms with van der Waals surface area (Å²) in [6.07, 6.45) is 0.132. The molecule has 0 saturated heterocycles. The second-order valence-corrected chi connectivity index (χ2v) is 9.82. The molecule has 1 heterocycles. The molecule has 24 heavy (non-hydrogen) atoms. The lowest BCUT2D eigenvalue weighted by molar-refractivity contribution is -0.0200. The lowest BCUT2D eigenvalue weighted by Crippen LogP contribution is -2.49. The smallest absolute Gasteiger partial charge is 0.169 e. The number of hydrogen-bond donors (Lipinski definition) is 1. The number of ether oxygens (including phenoxy) is 1. The summed E-state index contributed by atoms with van der Waals surface area (Å²) in [4.78, 5) is 4.15. The molecule has 0 aromatic heterocycles. The summed E-state index contributed by atoms with van der Waals surface area (Å²) in [7, 11) is -3.87. The van der Waals surface area contributed by atoms with Gasteiger partial charge >= 0.3 is 0 Å². The van der Waals surface area contributed by atoms with Gasteiger partial charge in [-0.15, -0.1) is 0 Å². The molecule has 1 aliphatic heterocycles. The van der Waals surface area contributed by atoms with E-state index < -0.39 is 31.3 Å². The van der Waals surface area contributed by atoms with E-state index in [1.54, 1.807) is 19.9 Å². The van der Waals surface area contributed by atoms with Crippen molar-refractivity contribution in [1.82, 2.24) is 0 Å². The van der Waals surface area contributed by atoms with Crippen molar-refractivity contribution in [3.05, 3.63) is 35.6 Å². The first kappa shape index (κ1) is 18.9.